The maximum atomic E-state index is 12.0. The van der Waals surface area contributed by atoms with E-state index in [1.807, 2.05) is 31.2 Å². The lowest BCUT2D eigenvalue weighted by molar-refractivity contribution is 0.0938. The molecule has 1 aromatic carbocycles. The zero-order valence-electron chi connectivity index (χ0n) is 10.6. The third kappa shape index (κ3) is 3.07. The van der Waals surface area contributed by atoms with Crippen molar-refractivity contribution in [1.29, 1.82) is 0 Å². The lowest BCUT2D eigenvalue weighted by atomic mass is 10.1. The van der Waals surface area contributed by atoms with E-state index < -0.39 is 0 Å². The van der Waals surface area contributed by atoms with Gasteiger partial charge < -0.3 is 10.2 Å². The van der Waals surface area contributed by atoms with Gasteiger partial charge in [-0.25, -0.2) is 0 Å². The minimum Gasteiger partial charge on any atom is -0.348 e. The van der Waals surface area contributed by atoms with Crippen LogP contribution < -0.4 is 5.32 Å². The van der Waals surface area contributed by atoms with E-state index in [-0.39, 0.29) is 5.91 Å². The summed E-state index contributed by atoms with van der Waals surface area (Å²) in [6.45, 7) is 7.32. The smallest absolute Gasteiger partial charge is 0.251 e. The van der Waals surface area contributed by atoms with Crippen molar-refractivity contribution in [2.75, 3.05) is 19.6 Å². The minimum atomic E-state index is 0.0490. The average Bonchev–Trinajstić information content (AvgIpc) is 2.77. The van der Waals surface area contributed by atoms with E-state index in [0.717, 1.165) is 31.6 Å². The van der Waals surface area contributed by atoms with Crippen molar-refractivity contribution in [3.05, 3.63) is 35.4 Å². The van der Waals surface area contributed by atoms with Crippen LogP contribution in [0.1, 0.15) is 29.3 Å². The summed E-state index contributed by atoms with van der Waals surface area (Å²) in [6, 6.07) is 8.03. The van der Waals surface area contributed by atoms with Crippen molar-refractivity contribution < 1.29 is 4.79 Å². The second-order valence-electron chi connectivity index (χ2n) is 4.72. The molecule has 1 saturated heterocycles. The van der Waals surface area contributed by atoms with E-state index in [2.05, 4.69) is 17.1 Å². The van der Waals surface area contributed by atoms with Gasteiger partial charge in [-0.3, -0.25) is 4.79 Å². The fourth-order valence-electron chi connectivity index (χ4n) is 2.21. The Labute approximate surface area is 103 Å². The number of benzene rings is 1. The molecule has 1 aliphatic heterocycles. The number of likely N-dealkylation sites (N-methyl/N-ethyl adjacent to an activating group) is 1. The molecular weight excluding hydrogens is 212 g/mol. The summed E-state index contributed by atoms with van der Waals surface area (Å²) in [6.07, 6.45) is 1.06. The van der Waals surface area contributed by atoms with Crippen molar-refractivity contribution in [3.63, 3.8) is 0 Å². The van der Waals surface area contributed by atoms with Crippen LogP contribution in [0.3, 0.4) is 0 Å². The molecule has 1 amide bonds. The Kier molecular flexibility index (Phi) is 3.79. The summed E-state index contributed by atoms with van der Waals surface area (Å²) in [5, 5.41) is 3.10. The van der Waals surface area contributed by atoms with E-state index in [1.54, 1.807) is 0 Å². The predicted molar refractivity (Wildman–Crippen MR) is 69.2 cm³/mol. The van der Waals surface area contributed by atoms with E-state index in [1.165, 1.54) is 5.56 Å². The zero-order chi connectivity index (χ0) is 12.3. The molecule has 1 unspecified atom stereocenters. The summed E-state index contributed by atoms with van der Waals surface area (Å²) in [7, 11) is 0. The van der Waals surface area contributed by atoms with Crippen molar-refractivity contribution in [2.24, 2.45) is 0 Å². The highest BCUT2D eigenvalue weighted by molar-refractivity contribution is 5.94. The standard InChI is InChI=1S/C14H20N2O/c1-3-16-9-8-13(10-16)15-14(17)12-6-4-11(2)5-7-12/h4-7,13H,3,8-10H2,1-2H3,(H,15,17). The molecule has 17 heavy (non-hydrogen) atoms. The summed E-state index contributed by atoms with van der Waals surface area (Å²) in [5.41, 5.74) is 1.94. The molecule has 92 valence electrons. The lowest BCUT2D eigenvalue weighted by Crippen LogP contribution is -2.37. The van der Waals surface area contributed by atoms with Crippen molar-refractivity contribution >= 4 is 5.91 Å². The first-order valence-electron chi connectivity index (χ1n) is 6.29. The highest BCUT2D eigenvalue weighted by Gasteiger charge is 2.22. The third-order valence-electron chi connectivity index (χ3n) is 3.37. The van der Waals surface area contributed by atoms with Gasteiger partial charge in [0.05, 0.1) is 0 Å². The Morgan fingerprint density at radius 2 is 2.12 bits per heavy atom. The average molecular weight is 232 g/mol. The maximum Gasteiger partial charge on any atom is 0.251 e. The van der Waals surface area contributed by atoms with Gasteiger partial charge in [-0.15, -0.1) is 0 Å². The van der Waals surface area contributed by atoms with E-state index in [9.17, 15) is 4.79 Å². The quantitative estimate of drug-likeness (QED) is 0.862. The molecule has 1 heterocycles. The van der Waals surface area contributed by atoms with Gasteiger partial charge in [-0.1, -0.05) is 24.6 Å². The van der Waals surface area contributed by atoms with Crippen molar-refractivity contribution in [2.45, 2.75) is 26.3 Å². The number of aryl methyl sites for hydroxylation is 1. The monoisotopic (exact) mass is 232 g/mol. The number of hydrogen-bond acceptors (Lipinski definition) is 2. The molecular formula is C14H20N2O. The van der Waals surface area contributed by atoms with E-state index >= 15 is 0 Å². The van der Waals surface area contributed by atoms with Gasteiger partial charge >= 0.3 is 0 Å². The Balaban J connectivity index is 1.91. The topological polar surface area (TPSA) is 32.3 Å². The van der Waals surface area contributed by atoms with Gasteiger partial charge in [0.2, 0.25) is 0 Å². The molecule has 0 radical (unpaired) electrons. The second kappa shape index (κ2) is 5.32. The predicted octanol–water partition coefficient (Wildman–Crippen LogP) is 1.82. The first-order valence-corrected chi connectivity index (χ1v) is 6.29. The van der Waals surface area contributed by atoms with E-state index in [0.29, 0.717) is 6.04 Å². The maximum absolute atomic E-state index is 12.0. The third-order valence-corrected chi connectivity index (χ3v) is 3.37. The molecule has 1 aromatic rings. The molecule has 1 atom stereocenters. The number of carbonyl (C=O) groups excluding carboxylic acids is 1. The van der Waals surface area contributed by atoms with Crippen molar-refractivity contribution in [3.8, 4) is 0 Å². The number of nitrogens with one attached hydrogen (secondary N) is 1. The van der Waals surface area contributed by atoms with Crippen LogP contribution in [0, 0.1) is 6.92 Å². The molecule has 0 aromatic heterocycles. The minimum absolute atomic E-state index is 0.0490. The van der Waals surface area contributed by atoms with Gasteiger partial charge in [0.15, 0.2) is 0 Å². The zero-order valence-corrected chi connectivity index (χ0v) is 10.6. The Bertz CT molecular complexity index is 386. The lowest BCUT2D eigenvalue weighted by Gasteiger charge is -2.14. The number of amides is 1. The Morgan fingerprint density at radius 3 is 2.71 bits per heavy atom. The largest absolute Gasteiger partial charge is 0.348 e. The number of rotatable bonds is 3. The van der Waals surface area contributed by atoms with Crippen LogP contribution in [0.4, 0.5) is 0 Å². The number of likely N-dealkylation sites (tertiary alicyclic amines) is 1. The summed E-state index contributed by atoms with van der Waals surface area (Å²) >= 11 is 0. The fourth-order valence-corrected chi connectivity index (χ4v) is 2.21. The molecule has 3 heteroatoms. The van der Waals surface area contributed by atoms with Crippen LogP contribution in [0.25, 0.3) is 0 Å². The summed E-state index contributed by atoms with van der Waals surface area (Å²) in [5.74, 6) is 0.0490. The first kappa shape index (κ1) is 12.1. The molecule has 0 saturated carbocycles. The second-order valence-corrected chi connectivity index (χ2v) is 4.72. The van der Waals surface area contributed by atoms with Gasteiger partial charge in [0, 0.05) is 24.7 Å². The molecule has 0 bridgehead atoms. The number of carbonyl (C=O) groups is 1. The van der Waals surface area contributed by atoms with Crippen LogP contribution in [-0.2, 0) is 0 Å². The van der Waals surface area contributed by atoms with Crippen LogP contribution >= 0.6 is 0 Å². The van der Waals surface area contributed by atoms with Gasteiger partial charge in [-0.05, 0) is 32.0 Å². The normalized spacial score (nSPS) is 20.5. The summed E-state index contributed by atoms with van der Waals surface area (Å²) < 4.78 is 0. The van der Waals surface area contributed by atoms with Gasteiger partial charge in [-0.2, -0.15) is 0 Å². The number of nitrogens with zero attached hydrogens (tertiary/aromatic N) is 1. The van der Waals surface area contributed by atoms with Gasteiger partial charge in [0.25, 0.3) is 5.91 Å². The van der Waals surface area contributed by atoms with Gasteiger partial charge in [0.1, 0.15) is 0 Å². The van der Waals surface area contributed by atoms with Crippen molar-refractivity contribution in [1.82, 2.24) is 10.2 Å². The molecule has 1 fully saturated rings. The van der Waals surface area contributed by atoms with Crippen LogP contribution in [0.15, 0.2) is 24.3 Å². The highest BCUT2D eigenvalue weighted by atomic mass is 16.1. The molecule has 1 N–H and O–H groups in total. The van der Waals surface area contributed by atoms with E-state index in [4.69, 9.17) is 0 Å². The number of hydrogen-bond donors (Lipinski definition) is 1. The first-order chi connectivity index (χ1) is 8.19. The summed E-state index contributed by atoms with van der Waals surface area (Å²) in [4.78, 5) is 14.3. The SMILES string of the molecule is CCN1CCC(NC(=O)c2ccc(C)cc2)C1. The Hall–Kier alpha value is -1.35. The molecule has 0 spiro atoms. The molecule has 1 aliphatic rings. The highest BCUT2D eigenvalue weighted by Crippen LogP contribution is 2.10. The fraction of sp³-hybridized carbons (Fsp3) is 0.500. The molecule has 3 nitrogen and oxygen atoms in total. The molecule has 0 aliphatic carbocycles. The Morgan fingerprint density at radius 1 is 1.41 bits per heavy atom. The van der Waals surface area contributed by atoms with Crippen LogP contribution in [-0.4, -0.2) is 36.5 Å². The van der Waals surface area contributed by atoms with Crippen LogP contribution in [0.2, 0.25) is 0 Å². The molecule has 2 rings (SSSR count). The van der Waals surface area contributed by atoms with Crippen LogP contribution in [0.5, 0.6) is 0 Å².